The van der Waals surface area contributed by atoms with Crippen LogP contribution < -0.4 is 14.2 Å². The van der Waals surface area contributed by atoms with Crippen molar-refractivity contribution in [3.05, 3.63) is 101 Å². The van der Waals surface area contributed by atoms with Crippen LogP contribution in [0, 0.1) is 13.8 Å². The van der Waals surface area contributed by atoms with E-state index >= 15 is 0 Å². The highest BCUT2D eigenvalue weighted by molar-refractivity contribution is 5.87. The second-order valence-electron chi connectivity index (χ2n) is 7.84. The highest BCUT2D eigenvalue weighted by Crippen LogP contribution is 2.30. The van der Waals surface area contributed by atoms with Crippen LogP contribution in [0.5, 0.6) is 23.0 Å². The summed E-state index contributed by atoms with van der Waals surface area (Å²) in [4.78, 5) is 16.4. The summed E-state index contributed by atoms with van der Waals surface area (Å²) >= 11 is 0. The first-order valence-electron chi connectivity index (χ1n) is 11.3. The number of hydrogen-bond acceptors (Lipinski definition) is 8. The van der Waals surface area contributed by atoms with Gasteiger partial charge in [-0.1, -0.05) is 29.4 Å². The second kappa shape index (κ2) is 11.7. The number of ether oxygens (including phenoxy) is 4. The number of benzene rings is 2. The summed E-state index contributed by atoms with van der Waals surface area (Å²) in [6.45, 7) is 4.09. The van der Waals surface area contributed by atoms with Crippen molar-refractivity contribution in [2.45, 2.75) is 27.1 Å². The molecule has 0 saturated heterocycles. The Hall–Kier alpha value is -4.59. The average Bonchev–Trinajstić information content (AvgIpc) is 3.23. The predicted molar refractivity (Wildman–Crippen MR) is 133 cm³/mol. The van der Waals surface area contributed by atoms with Gasteiger partial charge in [-0.2, -0.15) is 0 Å². The van der Waals surface area contributed by atoms with Gasteiger partial charge in [-0.3, -0.25) is 4.98 Å². The van der Waals surface area contributed by atoms with E-state index in [1.165, 1.54) is 6.08 Å². The largest absolute Gasteiger partial charge is 0.493 e. The third-order valence-corrected chi connectivity index (χ3v) is 5.36. The predicted octanol–water partition coefficient (Wildman–Crippen LogP) is 5.82. The zero-order valence-corrected chi connectivity index (χ0v) is 20.3. The second-order valence-corrected chi connectivity index (χ2v) is 7.84. The number of para-hydroxylation sites is 1. The van der Waals surface area contributed by atoms with Crippen molar-refractivity contribution in [3.63, 3.8) is 0 Å². The van der Waals surface area contributed by atoms with Crippen LogP contribution in [0.4, 0.5) is 0 Å². The summed E-state index contributed by atoms with van der Waals surface area (Å²) in [5.74, 6) is 2.55. The molecule has 184 valence electrons. The van der Waals surface area contributed by atoms with Crippen molar-refractivity contribution in [3.8, 4) is 23.0 Å². The lowest BCUT2D eigenvalue weighted by molar-refractivity contribution is -0.138. The molecular weight excluding hydrogens is 460 g/mol. The minimum absolute atomic E-state index is 0.0669. The standard InChI is InChI=1S/C28H26N2O6/c1-19-24(20(2)36-30-19)18-33-26-12-10-21(15-27(26)32-3)11-13-28(31)34-17-22-7-4-5-9-25(22)35-23-8-6-14-29-16-23/h4-16H,17-18H2,1-3H3/b13-11+. The Morgan fingerprint density at radius 2 is 1.86 bits per heavy atom. The molecule has 0 fully saturated rings. The smallest absolute Gasteiger partial charge is 0.331 e. The maximum atomic E-state index is 12.3. The normalized spacial score (nSPS) is 10.9. The maximum Gasteiger partial charge on any atom is 0.331 e. The molecule has 0 radical (unpaired) electrons. The van der Waals surface area contributed by atoms with Crippen molar-refractivity contribution >= 4 is 12.0 Å². The summed E-state index contributed by atoms with van der Waals surface area (Å²) in [5.41, 5.74) is 3.19. The molecule has 8 heteroatoms. The van der Waals surface area contributed by atoms with E-state index in [4.69, 9.17) is 23.5 Å². The highest BCUT2D eigenvalue weighted by Gasteiger charge is 2.12. The van der Waals surface area contributed by atoms with E-state index in [1.54, 1.807) is 49.8 Å². The van der Waals surface area contributed by atoms with Crippen LogP contribution in [-0.4, -0.2) is 23.2 Å². The van der Waals surface area contributed by atoms with Crippen LogP contribution in [0.25, 0.3) is 6.08 Å². The van der Waals surface area contributed by atoms with E-state index in [1.807, 2.05) is 44.2 Å². The minimum Gasteiger partial charge on any atom is -0.493 e. The molecule has 0 aliphatic rings. The number of nitrogens with zero attached hydrogens (tertiary/aromatic N) is 2. The number of carbonyl (C=O) groups excluding carboxylic acids is 1. The zero-order chi connectivity index (χ0) is 25.3. The van der Waals surface area contributed by atoms with Gasteiger partial charge in [-0.05, 0) is 55.8 Å². The maximum absolute atomic E-state index is 12.3. The van der Waals surface area contributed by atoms with E-state index in [9.17, 15) is 4.79 Å². The van der Waals surface area contributed by atoms with Crippen LogP contribution in [0.1, 0.15) is 28.1 Å². The molecule has 4 rings (SSSR count). The summed E-state index contributed by atoms with van der Waals surface area (Å²) in [7, 11) is 1.56. The molecule has 0 spiro atoms. The molecule has 0 aliphatic carbocycles. The average molecular weight is 487 g/mol. The Balaban J connectivity index is 1.35. The van der Waals surface area contributed by atoms with Gasteiger partial charge in [-0.25, -0.2) is 4.79 Å². The fourth-order valence-corrected chi connectivity index (χ4v) is 3.38. The van der Waals surface area contributed by atoms with Crippen molar-refractivity contribution < 1.29 is 28.3 Å². The van der Waals surface area contributed by atoms with Crippen molar-refractivity contribution in [1.29, 1.82) is 0 Å². The minimum atomic E-state index is -0.483. The molecule has 2 heterocycles. The van der Waals surface area contributed by atoms with Gasteiger partial charge in [0.2, 0.25) is 0 Å². The number of pyridine rings is 1. The Kier molecular flexibility index (Phi) is 7.97. The first-order chi connectivity index (χ1) is 17.5. The summed E-state index contributed by atoms with van der Waals surface area (Å²) < 4.78 is 27.8. The Labute approximate surface area is 209 Å². The molecule has 0 unspecified atom stereocenters. The molecular formula is C28H26N2O6. The molecule has 0 saturated carbocycles. The number of esters is 1. The van der Waals surface area contributed by atoms with Crippen LogP contribution in [0.3, 0.4) is 0 Å². The molecule has 0 bridgehead atoms. The van der Waals surface area contributed by atoms with E-state index in [-0.39, 0.29) is 6.61 Å². The number of carbonyl (C=O) groups is 1. The molecule has 36 heavy (non-hydrogen) atoms. The third-order valence-electron chi connectivity index (χ3n) is 5.36. The Morgan fingerprint density at radius 1 is 1.00 bits per heavy atom. The van der Waals surface area contributed by atoms with Crippen molar-refractivity contribution in [2.75, 3.05) is 7.11 Å². The van der Waals surface area contributed by atoms with Crippen molar-refractivity contribution in [2.24, 2.45) is 0 Å². The van der Waals surface area contributed by atoms with Gasteiger partial charge >= 0.3 is 5.97 Å². The monoisotopic (exact) mass is 486 g/mol. The van der Waals surface area contributed by atoms with Gasteiger partial charge < -0.3 is 23.5 Å². The molecule has 0 aliphatic heterocycles. The molecule has 2 aromatic heterocycles. The van der Waals surface area contributed by atoms with Gasteiger partial charge in [0.1, 0.15) is 30.5 Å². The first-order valence-corrected chi connectivity index (χ1v) is 11.3. The fraction of sp³-hybridized carbons (Fsp3) is 0.179. The summed E-state index contributed by atoms with van der Waals surface area (Å²) in [5, 5.41) is 3.94. The summed E-state index contributed by atoms with van der Waals surface area (Å²) in [6.07, 6.45) is 6.31. The van der Waals surface area contributed by atoms with Crippen molar-refractivity contribution in [1.82, 2.24) is 10.1 Å². The number of hydrogen-bond donors (Lipinski definition) is 0. The SMILES string of the molecule is COc1cc(/C=C/C(=O)OCc2ccccc2Oc2cccnc2)ccc1OCc1c(C)noc1C. The lowest BCUT2D eigenvalue weighted by Crippen LogP contribution is -2.02. The van der Waals surface area contributed by atoms with E-state index < -0.39 is 5.97 Å². The quantitative estimate of drug-likeness (QED) is 0.204. The fourth-order valence-electron chi connectivity index (χ4n) is 3.38. The molecule has 4 aromatic rings. The molecule has 0 N–H and O–H groups in total. The zero-order valence-electron chi connectivity index (χ0n) is 20.3. The number of aryl methyl sites for hydroxylation is 2. The van der Waals surface area contributed by atoms with Gasteiger partial charge in [0.25, 0.3) is 0 Å². The Morgan fingerprint density at radius 3 is 2.61 bits per heavy atom. The van der Waals surface area contributed by atoms with Gasteiger partial charge in [-0.15, -0.1) is 0 Å². The van der Waals surface area contributed by atoms with E-state index in [0.29, 0.717) is 29.6 Å². The van der Waals surface area contributed by atoms with Gasteiger partial charge in [0, 0.05) is 17.8 Å². The van der Waals surface area contributed by atoms with Gasteiger partial charge in [0.05, 0.1) is 24.6 Å². The molecule has 8 nitrogen and oxygen atoms in total. The van der Waals surface area contributed by atoms with Crippen LogP contribution in [-0.2, 0) is 22.7 Å². The van der Waals surface area contributed by atoms with Crippen LogP contribution in [0.15, 0.2) is 77.6 Å². The van der Waals surface area contributed by atoms with E-state index in [2.05, 4.69) is 10.1 Å². The van der Waals surface area contributed by atoms with Gasteiger partial charge in [0.15, 0.2) is 11.5 Å². The summed E-state index contributed by atoms with van der Waals surface area (Å²) in [6, 6.07) is 16.4. The Bertz CT molecular complexity index is 1330. The highest BCUT2D eigenvalue weighted by atomic mass is 16.5. The molecule has 2 aromatic carbocycles. The topological polar surface area (TPSA) is 92.9 Å². The number of rotatable bonds is 10. The number of methoxy groups -OCH3 is 1. The molecule has 0 amide bonds. The molecule has 0 atom stereocenters. The van der Waals surface area contributed by atoms with Crippen LogP contribution in [0.2, 0.25) is 0 Å². The van der Waals surface area contributed by atoms with E-state index in [0.717, 1.165) is 28.1 Å². The number of aromatic nitrogens is 2. The third kappa shape index (κ3) is 6.29. The lowest BCUT2D eigenvalue weighted by Gasteiger charge is -2.11. The van der Waals surface area contributed by atoms with Crippen LogP contribution >= 0.6 is 0 Å². The lowest BCUT2D eigenvalue weighted by atomic mass is 10.2. The first kappa shape index (κ1) is 24.5.